The van der Waals surface area contributed by atoms with Gasteiger partial charge in [-0.05, 0) is 25.1 Å². The lowest BCUT2D eigenvalue weighted by Gasteiger charge is -2.13. The number of imide groups is 1. The summed E-state index contributed by atoms with van der Waals surface area (Å²) in [4.78, 5) is 40.7. The summed E-state index contributed by atoms with van der Waals surface area (Å²) < 4.78 is 6.46. The van der Waals surface area contributed by atoms with Gasteiger partial charge in [-0.15, -0.1) is 0 Å². The van der Waals surface area contributed by atoms with Gasteiger partial charge in [-0.2, -0.15) is 0 Å². The van der Waals surface area contributed by atoms with Crippen LogP contribution in [0.3, 0.4) is 0 Å². The molecule has 26 heavy (non-hydrogen) atoms. The van der Waals surface area contributed by atoms with Crippen molar-refractivity contribution in [1.29, 1.82) is 0 Å². The molecule has 1 saturated heterocycles. The number of thioether (sulfide) groups is 1. The summed E-state index contributed by atoms with van der Waals surface area (Å²) in [5, 5.41) is 3.18. The minimum absolute atomic E-state index is 0.00395. The molecule has 1 fully saturated rings. The zero-order valence-electron chi connectivity index (χ0n) is 13.8. The number of thiocarbonyl (C=S) groups is 1. The second-order valence-electron chi connectivity index (χ2n) is 5.31. The number of likely N-dealkylation sites (tertiary alicyclic amines) is 1. The normalized spacial score (nSPS) is 14.1. The molecule has 7 nitrogen and oxygen atoms in total. The smallest absolute Gasteiger partial charge is 0.236 e. The molecule has 1 aromatic heterocycles. The van der Waals surface area contributed by atoms with Crippen molar-refractivity contribution in [3.8, 4) is 5.75 Å². The summed E-state index contributed by atoms with van der Waals surface area (Å²) in [7, 11) is 0. The van der Waals surface area contributed by atoms with Gasteiger partial charge >= 0.3 is 0 Å². The Hall–Kier alpha value is -2.04. The van der Waals surface area contributed by atoms with Crippen molar-refractivity contribution in [2.24, 2.45) is 0 Å². The molecule has 0 saturated carbocycles. The van der Waals surface area contributed by atoms with Gasteiger partial charge in [0.25, 0.3) is 0 Å². The number of ether oxygens (including phenoxy) is 1. The molecule has 0 radical (unpaired) electrons. The van der Waals surface area contributed by atoms with E-state index in [0.717, 1.165) is 32.6 Å². The molecule has 0 aliphatic carbocycles. The lowest BCUT2D eigenvalue weighted by atomic mass is 10.3. The van der Waals surface area contributed by atoms with E-state index in [1.165, 1.54) is 11.3 Å². The van der Waals surface area contributed by atoms with Gasteiger partial charge in [0.1, 0.15) is 10.1 Å². The number of aromatic nitrogens is 1. The average molecular weight is 410 g/mol. The van der Waals surface area contributed by atoms with Crippen LogP contribution in [0.2, 0.25) is 0 Å². The summed E-state index contributed by atoms with van der Waals surface area (Å²) in [5.74, 6) is -0.188. The highest BCUT2D eigenvalue weighted by atomic mass is 32.2. The topological polar surface area (TPSA) is 88.6 Å². The Labute approximate surface area is 163 Å². The number of carbonyl (C=O) groups excluding carboxylic acids is 3. The third kappa shape index (κ3) is 4.19. The van der Waals surface area contributed by atoms with Crippen LogP contribution >= 0.6 is 35.3 Å². The number of rotatable bonds is 5. The first-order chi connectivity index (χ1) is 12.5. The minimum atomic E-state index is -0.316. The van der Waals surface area contributed by atoms with E-state index >= 15 is 0 Å². The van der Waals surface area contributed by atoms with Crippen LogP contribution in [0.5, 0.6) is 5.75 Å². The third-order valence-electron chi connectivity index (χ3n) is 3.48. The van der Waals surface area contributed by atoms with E-state index in [9.17, 15) is 14.4 Å². The van der Waals surface area contributed by atoms with Crippen LogP contribution in [0.4, 0.5) is 5.13 Å². The lowest BCUT2D eigenvalue weighted by Crippen LogP contribution is -2.33. The Morgan fingerprint density at radius 3 is 2.81 bits per heavy atom. The highest BCUT2D eigenvalue weighted by molar-refractivity contribution is 8.23. The molecular weight excluding hydrogens is 394 g/mol. The van der Waals surface area contributed by atoms with Crippen LogP contribution in [0.1, 0.15) is 19.8 Å². The van der Waals surface area contributed by atoms with Crippen molar-refractivity contribution in [2.45, 2.75) is 19.8 Å². The molecule has 1 aromatic carbocycles. The monoisotopic (exact) mass is 409 g/mol. The quantitative estimate of drug-likeness (QED) is 0.600. The Bertz CT molecular complexity index is 880. The standard InChI is InChI=1S/C16H15N3O4S3/c1-2-23-9-3-4-10-11(7-9)26-15(17-10)18-12(20)8-25-16(24)19-13(21)5-6-14(19)22/h3-4,7H,2,5-6,8H2,1H3,(H,17,18,20). The van der Waals surface area contributed by atoms with Gasteiger partial charge < -0.3 is 10.1 Å². The third-order valence-corrected chi connectivity index (χ3v) is 5.78. The first kappa shape index (κ1) is 18.7. The zero-order valence-corrected chi connectivity index (χ0v) is 16.3. The number of carbonyl (C=O) groups is 3. The molecule has 0 atom stereocenters. The number of benzene rings is 1. The van der Waals surface area contributed by atoms with Crippen LogP contribution in [0, 0.1) is 0 Å². The summed E-state index contributed by atoms with van der Waals surface area (Å²) in [6, 6.07) is 5.54. The van der Waals surface area contributed by atoms with Crippen LogP contribution < -0.4 is 10.1 Å². The Kier molecular flexibility index (Phi) is 5.84. The largest absolute Gasteiger partial charge is 0.494 e. The van der Waals surface area contributed by atoms with Crippen molar-refractivity contribution in [1.82, 2.24) is 9.88 Å². The number of hydrogen-bond donors (Lipinski definition) is 1. The number of fused-ring (bicyclic) bond motifs is 1. The Morgan fingerprint density at radius 1 is 1.38 bits per heavy atom. The molecule has 136 valence electrons. The lowest BCUT2D eigenvalue weighted by molar-refractivity contribution is -0.133. The molecule has 0 bridgehead atoms. The molecule has 2 aromatic rings. The number of amides is 3. The van der Waals surface area contributed by atoms with Gasteiger partial charge in [-0.25, -0.2) is 9.88 Å². The Balaban J connectivity index is 1.58. The molecule has 1 aliphatic heterocycles. The second kappa shape index (κ2) is 8.11. The van der Waals surface area contributed by atoms with Gasteiger partial charge in [-0.3, -0.25) is 14.4 Å². The fourth-order valence-corrected chi connectivity index (χ4v) is 4.29. The zero-order chi connectivity index (χ0) is 18.7. The average Bonchev–Trinajstić information content (AvgIpc) is 3.15. The predicted octanol–water partition coefficient (Wildman–Crippen LogP) is 2.80. The number of nitrogens with zero attached hydrogens (tertiary/aromatic N) is 2. The van der Waals surface area contributed by atoms with Gasteiger partial charge in [0, 0.05) is 12.8 Å². The summed E-state index contributed by atoms with van der Waals surface area (Å²) in [5.41, 5.74) is 0.769. The van der Waals surface area contributed by atoms with E-state index in [4.69, 9.17) is 17.0 Å². The molecule has 2 heterocycles. The van der Waals surface area contributed by atoms with Crippen molar-refractivity contribution in [3.05, 3.63) is 18.2 Å². The first-order valence-electron chi connectivity index (χ1n) is 7.83. The molecule has 10 heteroatoms. The van der Waals surface area contributed by atoms with E-state index in [0.29, 0.717) is 11.7 Å². The molecule has 0 unspecified atom stereocenters. The highest BCUT2D eigenvalue weighted by Gasteiger charge is 2.32. The van der Waals surface area contributed by atoms with Crippen molar-refractivity contribution in [2.75, 3.05) is 17.7 Å². The van der Waals surface area contributed by atoms with E-state index in [-0.39, 0.29) is 40.6 Å². The molecule has 3 amide bonds. The van der Waals surface area contributed by atoms with Crippen LogP contribution in [-0.2, 0) is 14.4 Å². The van der Waals surface area contributed by atoms with Gasteiger partial charge in [0.15, 0.2) is 5.13 Å². The maximum Gasteiger partial charge on any atom is 0.236 e. The second-order valence-corrected chi connectivity index (χ2v) is 7.95. The number of hydrogen-bond acceptors (Lipinski definition) is 8. The summed E-state index contributed by atoms with van der Waals surface area (Å²) >= 11 is 7.41. The molecule has 1 aliphatic rings. The highest BCUT2D eigenvalue weighted by Crippen LogP contribution is 2.29. The maximum atomic E-state index is 12.1. The number of anilines is 1. The first-order valence-corrected chi connectivity index (χ1v) is 10.0. The van der Waals surface area contributed by atoms with Crippen LogP contribution in [0.15, 0.2) is 18.2 Å². The minimum Gasteiger partial charge on any atom is -0.494 e. The molecule has 3 rings (SSSR count). The molecular formula is C16H15N3O4S3. The fourth-order valence-electron chi connectivity index (χ4n) is 2.34. The van der Waals surface area contributed by atoms with E-state index in [1.807, 2.05) is 25.1 Å². The van der Waals surface area contributed by atoms with E-state index < -0.39 is 0 Å². The molecule has 1 N–H and O–H groups in total. The summed E-state index contributed by atoms with van der Waals surface area (Å²) in [6.45, 7) is 2.49. The molecule has 0 spiro atoms. The van der Waals surface area contributed by atoms with Crippen molar-refractivity contribution in [3.63, 3.8) is 0 Å². The fraction of sp³-hybridized carbons (Fsp3) is 0.312. The van der Waals surface area contributed by atoms with Crippen molar-refractivity contribution < 1.29 is 19.1 Å². The SMILES string of the molecule is CCOc1ccc2nc(NC(=O)CSC(=S)N3C(=O)CCC3=O)sc2c1. The van der Waals surface area contributed by atoms with Crippen LogP contribution in [-0.4, -0.2) is 44.3 Å². The van der Waals surface area contributed by atoms with E-state index in [1.54, 1.807) is 0 Å². The number of thiazole rings is 1. The van der Waals surface area contributed by atoms with Gasteiger partial charge in [0.2, 0.25) is 17.7 Å². The van der Waals surface area contributed by atoms with Gasteiger partial charge in [0.05, 0.1) is 22.6 Å². The number of nitrogens with one attached hydrogen (secondary N) is 1. The van der Waals surface area contributed by atoms with Crippen molar-refractivity contribution >= 4 is 72.7 Å². The van der Waals surface area contributed by atoms with Gasteiger partial charge in [-0.1, -0.05) is 35.3 Å². The predicted molar refractivity (Wildman–Crippen MR) is 106 cm³/mol. The Morgan fingerprint density at radius 2 is 2.12 bits per heavy atom. The van der Waals surface area contributed by atoms with Crippen LogP contribution in [0.25, 0.3) is 10.2 Å². The van der Waals surface area contributed by atoms with E-state index in [2.05, 4.69) is 10.3 Å². The summed E-state index contributed by atoms with van der Waals surface area (Å²) in [6.07, 6.45) is 0.336. The maximum absolute atomic E-state index is 12.1.